The fourth-order valence-corrected chi connectivity index (χ4v) is 5.08. The molecule has 0 radical (unpaired) electrons. The minimum atomic E-state index is -0.546. The minimum Gasteiger partial charge on any atom is -0.491 e. The first kappa shape index (κ1) is 23.3. The predicted octanol–water partition coefficient (Wildman–Crippen LogP) is 4.47. The summed E-state index contributed by atoms with van der Waals surface area (Å²) in [5.74, 6) is 1.59. The van der Waals surface area contributed by atoms with Gasteiger partial charge in [0.25, 0.3) is 0 Å². The van der Waals surface area contributed by atoms with E-state index in [1.54, 1.807) is 11.3 Å². The van der Waals surface area contributed by atoms with Crippen molar-refractivity contribution >= 4 is 33.2 Å². The molecule has 1 aliphatic heterocycles. The highest BCUT2D eigenvalue weighted by Crippen LogP contribution is 2.26. The number of β-amino-alcohol motifs (C(OH)–C–C–N with tert-alkyl or cyclic N) is 1. The Kier molecular flexibility index (Phi) is 7.12. The molecule has 0 unspecified atom stereocenters. The van der Waals surface area contributed by atoms with Gasteiger partial charge in [-0.15, -0.1) is 11.3 Å². The summed E-state index contributed by atoms with van der Waals surface area (Å²) in [5, 5.41) is 16.4. The van der Waals surface area contributed by atoms with Gasteiger partial charge in [-0.2, -0.15) is 0 Å². The standard InChI is InChI=1S/C25H27ClN4O3S/c1-17-27-24-12-21(6-7-25(24)34-17)32-16-20(31)14-29-8-10-30(11-9-29)15-22-13-23(28-33-22)18-2-4-19(26)5-3-18/h2-7,12-13,20,31H,8-11,14-16H2,1H3/t20-/m1/s1. The van der Waals surface area contributed by atoms with E-state index in [0.717, 1.165) is 70.7 Å². The number of halogens is 1. The van der Waals surface area contributed by atoms with Crippen LogP contribution in [0, 0.1) is 6.92 Å². The Bertz CT molecular complexity index is 1230. The summed E-state index contributed by atoms with van der Waals surface area (Å²) in [7, 11) is 0. The molecule has 4 aromatic rings. The third-order valence-corrected chi connectivity index (χ3v) is 7.12. The summed E-state index contributed by atoms with van der Waals surface area (Å²) in [6.07, 6.45) is -0.546. The van der Waals surface area contributed by atoms with Gasteiger partial charge in [0.05, 0.1) is 21.8 Å². The van der Waals surface area contributed by atoms with Gasteiger partial charge in [0.1, 0.15) is 24.2 Å². The van der Waals surface area contributed by atoms with E-state index in [9.17, 15) is 5.11 Å². The molecule has 34 heavy (non-hydrogen) atoms. The van der Waals surface area contributed by atoms with E-state index in [1.807, 2.05) is 55.5 Å². The molecular weight excluding hydrogens is 472 g/mol. The van der Waals surface area contributed by atoms with Crippen molar-refractivity contribution in [1.29, 1.82) is 0 Å². The molecule has 2 aromatic heterocycles. The van der Waals surface area contributed by atoms with Gasteiger partial charge in [-0.1, -0.05) is 28.9 Å². The van der Waals surface area contributed by atoms with E-state index in [4.69, 9.17) is 20.9 Å². The fraction of sp³-hybridized carbons (Fsp3) is 0.360. The Hall–Kier alpha value is -2.49. The van der Waals surface area contributed by atoms with Crippen molar-refractivity contribution in [2.45, 2.75) is 19.6 Å². The second-order valence-corrected chi connectivity index (χ2v) is 10.3. The first-order chi connectivity index (χ1) is 16.5. The number of hydrogen-bond acceptors (Lipinski definition) is 8. The molecule has 1 atom stereocenters. The first-order valence-corrected chi connectivity index (χ1v) is 12.6. The lowest BCUT2D eigenvalue weighted by Gasteiger charge is -2.35. The third kappa shape index (κ3) is 5.76. The average molecular weight is 499 g/mol. The second-order valence-electron chi connectivity index (χ2n) is 8.59. The Morgan fingerprint density at radius 3 is 2.65 bits per heavy atom. The van der Waals surface area contributed by atoms with E-state index in [0.29, 0.717) is 11.6 Å². The highest BCUT2D eigenvalue weighted by atomic mass is 35.5. The van der Waals surface area contributed by atoms with Crippen LogP contribution in [0.1, 0.15) is 10.8 Å². The molecular formula is C25H27ClN4O3S. The Morgan fingerprint density at radius 2 is 1.85 bits per heavy atom. The van der Waals surface area contributed by atoms with Gasteiger partial charge in [0.2, 0.25) is 0 Å². The molecule has 0 saturated carbocycles. The van der Waals surface area contributed by atoms with Gasteiger partial charge in [0.15, 0.2) is 5.76 Å². The first-order valence-electron chi connectivity index (χ1n) is 11.4. The normalized spacial score (nSPS) is 16.2. The van der Waals surface area contributed by atoms with Crippen LogP contribution in [0.3, 0.4) is 0 Å². The van der Waals surface area contributed by atoms with Crippen LogP contribution in [0.15, 0.2) is 53.1 Å². The van der Waals surface area contributed by atoms with Crippen molar-refractivity contribution in [1.82, 2.24) is 19.9 Å². The van der Waals surface area contributed by atoms with E-state index in [1.165, 1.54) is 0 Å². The van der Waals surface area contributed by atoms with Crippen molar-refractivity contribution < 1.29 is 14.4 Å². The smallest absolute Gasteiger partial charge is 0.151 e. The van der Waals surface area contributed by atoms with Gasteiger partial charge in [-0.3, -0.25) is 9.80 Å². The molecule has 2 aromatic carbocycles. The lowest BCUT2D eigenvalue weighted by atomic mass is 10.1. The van der Waals surface area contributed by atoms with Crippen molar-refractivity contribution in [2.24, 2.45) is 0 Å². The molecule has 7 nitrogen and oxygen atoms in total. The molecule has 0 spiro atoms. The highest BCUT2D eigenvalue weighted by Gasteiger charge is 2.21. The molecule has 1 saturated heterocycles. The van der Waals surface area contributed by atoms with Gasteiger partial charge < -0.3 is 14.4 Å². The summed E-state index contributed by atoms with van der Waals surface area (Å²) >= 11 is 7.63. The van der Waals surface area contributed by atoms with Crippen molar-refractivity contribution in [3.8, 4) is 17.0 Å². The number of aryl methyl sites for hydroxylation is 1. The molecule has 0 aliphatic carbocycles. The fourth-order valence-electron chi connectivity index (χ4n) is 4.15. The Labute approximate surface area is 207 Å². The lowest BCUT2D eigenvalue weighted by Crippen LogP contribution is -2.48. The maximum Gasteiger partial charge on any atom is 0.151 e. The van der Waals surface area contributed by atoms with Crippen LogP contribution >= 0.6 is 22.9 Å². The zero-order valence-corrected chi connectivity index (χ0v) is 20.6. The van der Waals surface area contributed by atoms with Crippen LogP contribution in [-0.4, -0.2) is 70.5 Å². The molecule has 9 heteroatoms. The molecule has 178 valence electrons. The van der Waals surface area contributed by atoms with Crippen LogP contribution in [-0.2, 0) is 6.54 Å². The molecule has 1 fully saturated rings. The monoisotopic (exact) mass is 498 g/mol. The summed E-state index contributed by atoms with van der Waals surface area (Å²) in [6, 6.07) is 15.5. The number of benzene rings is 2. The number of fused-ring (bicyclic) bond motifs is 1. The average Bonchev–Trinajstić information content (AvgIpc) is 3.44. The Balaban J connectivity index is 1.05. The zero-order valence-electron chi connectivity index (χ0n) is 19.0. The summed E-state index contributed by atoms with van der Waals surface area (Å²) in [5.41, 5.74) is 2.75. The topological polar surface area (TPSA) is 74.9 Å². The van der Waals surface area contributed by atoms with E-state index in [2.05, 4.69) is 19.9 Å². The third-order valence-electron chi connectivity index (χ3n) is 5.92. The minimum absolute atomic E-state index is 0.264. The predicted molar refractivity (Wildman–Crippen MR) is 135 cm³/mol. The van der Waals surface area contributed by atoms with E-state index < -0.39 is 6.10 Å². The molecule has 0 bridgehead atoms. The number of rotatable bonds is 8. The molecule has 0 amide bonds. The SMILES string of the molecule is Cc1nc2cc(OC[C@H](O)CN3CCN(Cc4cc(-c5ccc(Cl)cc5)no4)CC3)ccc2s1. The van der Waals surface area contributed by atoms with Crippen LogP contribution < -0.4 is 4.74 Å². The number of piperazine rings is 1. The lowest BCUT2D eigenvalue weighted by molar-refractivity contribution is 0.0430. The van der Waals surface area contributed by atoms with Crippen LogP contribution in [0.5, 0.6) is 5.75 Å². The number of aliphatic hydroxyl groups excluding tert-OH is 1. The van der Waals surface area contributed by atoms with Crippen LogP contribution in [0.2, 0.25) is 5.02 Å². The van der Waals surface area contributed by atoms with Crippen molar-refractivity contribution in [3.05, 3.63) is 64.3 Å². The van der Waals surface area contributed by atoms with Crippen molar-refractivity contribution in [3.63, 3.8) is 0 Å². The van der Waals surface area contributed by atoms with Crippen molar-refractivity contribution in [2.75, 3.05) is 39.3 Å². The van der Waals surface area contributed by atoms with Crippen LogP contribution in [0.4, 0.5) is 0 Å². The molecule has 5 rings (SSSR count). The number of hydrogen-bond donors (Lipinski definition) is 1. The van der Waals surface area contributed by atoms with E-state index in [-0.39, 0.29) is 6.61 Å². The summed E-state index contributed by atoms with van der Waals surface area (Å²) in [4.78, 5) is 9.12. The number of aromatic nitrogens is 2. The van der Waals surface area contributed by atoms with Gasteiger partial charge in [-0.05, 0) is 31.2 Å². The van der Waals surface area contributed by atoms with Crippen LogP contribution in [0.25, 0.3) is 21.5 Å². The maximum absolute atomic E-state index is 10.5. The Morgan fingerprint density at radius 1 is 1.09 bits per heavy atom. The van der Waals surface area contributed by atoms with Gasteiger partial charge in [0, 0.05) is 55.4 Å². The molecule has 1 aliphatic rings. The number of ether oxygens (including phenoxy) is 1. The highest BCUT2D eigenvalue weighted by molar-refractivity contribution is 7.18. The number of nitrogens with zero attached hydrogens (tertiary/aromatic N) is 4. The van der Waals surface area contributed by atoms with Gasteiger partial charge >= 0.3 is 0 Å². The summed E-state index contributed by atoms with van der Waals surface area (Å²) in [6.45, 7) is 7.17. The molecule has 3 heterocycles. The molecule has 1 N–H and O–H groups in total. The zero-order chi connectivity index (χ0) is 23.5. The quantitative estimate of drug-likeness (QED) is 0.384. The van der Waals surface area contributed by atoms with Gasteiger partial charge in [-0.25, -0.2) is 4.98 Å². The number of thiazole rings is 1. The summed E-state index contributed by atoms with van der Waals surface area (Å²) < 4.78 is 12.5. The van der Waals surface area contributed by atoms with E-state index >= 15 is 0 Å². The second kappa shape index (κ2) is 10.4. The number of aliphatic hydroxyl groups is 1. The largest absolute Gasteiger partial charge is 0.491 e. The maximum atomic E-state index is 10.5.